The van der Waals surface area contributed by atoms with Crippen LogP contribution >= 0.6 is 11.3 Å². The topological polar surface area (TPSA) is 54.4 Å². The molecule has 1 fully saturated rings. The van der Waals surface area contributed by atoms with Crippen LogP contribution in [0.3, 0.4) is 0 Å². The Bertz CT molecular complexity index is 873. The van der Waals surface area contributed by atoms with Crippen LogP contribution in [0.4, 0.5) is 5.69 Å². The molecule has 0 aliphatic carbocycles. The van der Waals surface area contributed by atoms with E-state index in [1.165, 1.54) is 10.6 Å². The summed E-state index contributed by atoms with van der Waals surface area (Å²) in [5, 5.41) is 2.10. The third-order valence-corrected chi connectivity index (χ3v) is 5.46. The standard InChI is InChI=1S/C18H21N5OS/c1-13-19-10-15(25-13)11-22-5-7-23(8-6-22)14-3-4-17-16(9-14)18(24-2)21-12-20-17/h3-4,9-10,12H,5-8,11H2,1-2H3. The van der Waals surface area contributed by atoms with Gasteiger partial charge in [0.2, 0.25) is 5.88 Å². The molecule has 0 atom stereocenters. The zero-order valence-electron chi connectivity index (χ0n) is 14.5. The molecule has 3 heterocycles. The van der Waals surface area contributed by atoms with Crippen molar-refractivity contribution in [1.82, 2.24) is 19.9 Å². The number of rotatable bonds is 4. The van der Waals surface area contributed by atoms with Crippen molar-refractivity contribution < 1.29 is 4.74 Å². The highest BCUT2D eigenvalue weighted by molar-refractivity contribution is 7.11. The van der Waals surface area contributed by atoms with Gasteiger partial charge in [-0.2, -0.15) is 0 Å². The number of benzene rings is 1. The lowest BCUT2D eigenvalue weighted by molar-refractivity contribution is 0.252. The fourth-order valence-electron chi connectivity index (χ4n) is 3.24. The van der Waals surface area contributed by atoms with Gasteiger partial charge in [-0.15, -0.1) is 11.3 Å². The number of anilines is 1. The summed E-state index contributed by atoms with van der Waals surface area (Å²) in [5.74, 6) is 0.631. The van der Waals surface area contributed by atoms with Crippen molar-refractivity contribution in [2.75, 3.05) is 38.2 Å². The first-order chi connectivity index (χ1) is 12.2. The van der Waals surface area contributed by atoms with Crippen molar-refractivity contribution in [1.29, 1.82) is 0 Å². The average molecular weight is 355 g/mol. The number of piperazine rings is 1. The van der Waals surface area contributed by atoms with E-state index in [0.717, 1.165) is 48.6 Å². The molecule has 0 unspecified atom stereocenters. The largest absolute Gasteiger partial charge is 0.480 e. The molecule has 2 aromatic heterocycles. The molecule has 3 aromatic rings. The van der Waals surface area contributed by atoms with E-state index in [1.54, 1.807) is 24.8 Å². The van der Waals surface area contributed by atoms with Crippen LogP contribution in [0.2, 0.25) is 0 Å². The first kappa shape index (κ1) is 16.2. The Kier molecular flexibility index (Phi) is 4.50. The highest BCUT2D eigenvalue weighted by Crippen LogP contribution is 2.27. The average Bonchev–Trinajstić information content (AvgIpc) is 3.06. The van der Waals surface area contributed by atoms with Crippen LogP contribution in [0.15, 0.2) is 30.7 Å². The first-order valence-corrected chi connectivity index (χ1v) is 9.22. The Morgan fingerprint density at radius 2 is 1.96 bits per heavy atom. The molecule has 25 heavy (non-hydrogen) atoms. The summed E-state index contributed by atoms with van der Waals surface area (Å²) in [4.78, 5) is 19.1. The van der Waals surface area contributed by atoms with Gasteiger partial charge in [-0.1, -0.05) is 0 Å². The van der Waals surface area contributed by atoms with Gasteiger partial charge < -0.3 is 9.64 Å². The summed E-state index contributed by atoms with van der Waals surface area (Å²) in [6, 6.07) is 6.31. The van der Waals surface area contributed by atoms with Crippen LogP contribution in [0.1, 0.15) is 9.88 Å². The van der Waals surface area contributed by atoms with E-state index in [9.17, 15) is 0 Å². The molecule has 0 spiro atoms. The number of ether oxygens (including phenoxy) is 1. The van der Waals surface area contributed by atoms with E-state index in [4.69, 9.17) is 4.74 Å². The predicted octanol–water partition coefficient (Wildman–Crippen LogP) is 2.73. The normalized spacial score (nSPS) is 15.7. The molecule has 0 bridgehead atoms. The van der Waals surface area contributed by atoms with Crippen LogP contribution < -0.4 is 9.64 Å². The minimum absolute atomic E-state index is 0.631. The monoisotopic (exact) mass is 355 g/mol. The molecule has 1 aromatic carbocycles. The van der Waals surface area contributed by atoms with E-state index in [2.05, 4.69) is 43.8 Å². The molecule has 1 saturated heterocycles. The lowest BCUT2D eigenvalue weighted by Gasteiger charge is -2.36. The van der Waals surface area contributed by atoms with Crippen molar-refractivity contribution in [3.63, 3.8) is 0 Å². The maximum absolute atomic E-state index is 5.37. The van der Waals surface area contributed by atoms with Gasteiger partial charge in [-0.05, 0) is 25.1 Å². The van der Waals surface area contributed by atoms with Crippen LogP contribution in [0.25, 0.3) is 10.9 Å². The molecule has 4 rings (SSSR count). The second kappa shape index (κ2) is 6.93. The van der Waals surface area contributed by atoms with Crippen molar-refractivity contribution >= 4 is 27.9 Å². The van der Waals surface area contributed by atoms with E-state index < -0.39 is 0 Å². The van der Waals surface area contributed by atoms with Gasteiger partial charge in [0.05, 0.1) is 23.0 Å². The van der Waals surface area contributed by atoms with Crippen LogP contribution in [-0.4, -0.2) is 53.1 Å². The molecular formula is C18H21N5OS. The van der Waals surface area contributed by atoms with Gasteiger partial charge in [-0.25, -0.2) is 15.0 Å². The van der Waals surface area contributed by atoms with E-state index in [1.807, 2.05) is 12.3 Å². The zero-order valence-corrected chi connectivity index (χ0v) is 15.3. The Hall–Kier alpha value is -2.25. The molecule has 7 heteroatoms. The number of nitrogens with zero attached hydrogens (tertiary/aromatic N) is 5. The van der Waals surface area contributed by atoms with Gasteiger partial charge in [0.25, 0.3) is 0 Å². The van der Waals surface area contributed by atoms with Gasteiger partial charge >= 0.3 is 0 Å². The highest BCUT2D eigenvalue weighted by atomic mass is 32.1. The highest BCUT2D eigenvalue weighted by Gasteiger charge is 2.19. The van der Waals surface area contributed by atoms with Gasteiger partial charge in [-0.3, -0.25) is 4.90 Å². The fraction of sp³-hybridized carbons (Fsp3) is 0.389. The lowest BCUT2D eigenvalue weighted by Crippen LogP contribution is -2.45. The summed E-state index contributed by atoms with van der Waals surface area (Å²) in [5.41, 5.74) is 2.11. The third kappa shape index (κ3) is 3.43. The summed E-state index contributed by atoms with van der Waals surface area (Å²) in [7, 11) is 1.65. The molecule has 130 valence electrons. The number of methoxy groups -OCH3 is 1. The Morgan fingerprint density at radius 3 is 2.68 bits per heavy atom. The molecule has 0 saturated carbocycles. The van der Waals surface area contributed by atoms with Crippen LogP contribution in [-0.2, 0) is 6.54 Å². The number of hydrogen-bond acceptors (Lipinski definition) is 7. The Balaban J connectivity index is 1.46. The van der Waals surface area contributed by atoms with E-state index in [0.29, 0.717) is 5.88 Å². The molecular weight excluding hydrogens is 334 g/mol. The minimum atomic E-state index is 0.631. The quantitative estimate of drug-likeness (QED) is 0.717. The van der Waals surface area contributed by atoms with Crippen LogP contribution in [0.5, 0.6) is 5.88 Å². The Labute approximate surface area is 151 Å². The summed E-state index contributed by atoms with van der Waals surface area (Å²) >= 11 is 1.79. The molecule has 6 nitrogen and oxygen atoms in total. The number of thiazole rings is 1. The van der Waals surface area contributed by atoms with E-state index >= 15 is 0 Å². The smallest absolute Gasteiger partial charge is 0.224 e. The second-order valence-electron chi connectivity index (χ2n) is 6.19. The van der Waals surface area contributed by atoms with Crippen LogP contribution in [0, 0.1) is 6.92 Å². The van der Waals surface area contributed by atoms with Crippen molar-refractivity contribution in [3.8, 4) is 5.88 Å². The number of aryl methyl sites for hydroxylation is 1. The number of aromatic nitrogens is 3. The lowest BCUT2D eigenvalue weighted by atomic mass is 10.2. The van der Waals surface area contributed by atoms with Crippen molar-refractivity contribution in [3.05, 3.63) is 40.6 Å². The SMILES string of the molecule is COc1ncnc2ccc(N3CCN(Cc4cnc(C)s4)CC3)cc12. The molecule has 1 aliphatic rings. The molecule has 0 N–H and O–H groups in total. The van der Waals surface area contributed by atoms with E-state index in [-0.39, 0.29) is 0 Å². The van der Waals surface area contributed by atoms with Gasteiger partial charge in [0.15, 0.2) is 0 Å². The summed E-state index contributed by atoms with van der Waals surface area (Å²) < 4.78 is 5.37. The fourth-order valence-corrected chi connectivity index (χ4v) is 4.08. The maximum atomic E-state index is 5.37. The molecule has 0 amide bonds. The molecule has 0 radical (unpaired) electrons. The summed E-state index contributed by atoms with van der Waals surface area (Å²) in [6.45, 7) is 7.19. The van der Waals surface area contributed by atoms with Gasteiger partial charge in [0.1, 0.15) is 6.33 Å². The number of fused-ring (bicyclic) bond motifs is 1. The molecule has 1 aliphatic heterocycles. The Morgan fingerprint density at radius 1 is 1.12 bits per heavy atom. The third-order valence-electron chi connectivity index (χ3n) is 4.56. The number of hydrogen-bond donors (Lipinski definition) is 0. The van der Waals surface area contributed by atoms with Crippen molar-refractivity contribution in [2.45, 2.75) is 13.5 Å². The minimum Gasteiger partial charge on any atom is -0.480 e. The predicted molar refractivity (Wildman–Crippen MR) is 100 cm³/mol. The second-order valence-corrected chi connectivity index (χ2v) is 7.51. The van der Waals surface area contributed by atoms with Crippen molar-refractivity contribution in [2.24, 2.45) is 0 Å². The zero-order chi connectivity index (χ0) is 17.2. The summed E-state index contributed by atoms with van der Waals surface area (Å²) in [6.07, 6.45) is 3.54. The first-order valence-electron chi connectivity index (χ1n) is 8.40. The van der Waals surface area contributed by atoms with Gasteiger partial charge in [0, 0.05) is 49.5 Å². The maximum Gasteiger partial charge on any atom is 0.224 e.